The Bertz CT molecular complexity index is 607. The zero-order valence-electron chi connectivity index (χ0n) is 12.3. The van der Waals surface area contributed by atoms with Crippen LogP contribution in [0, 0.1) is 0 Å². The van der Waals surface area contributed by atoms with Crippen molar-refractivity contribution in [1.29, 1.82) is 0 Å². The van der Waals surface area contributed by atoms with Crippen LogP contribution in [0.3, 0.4) is 0 Å². The number of nitrogen functional groups attached to an aromatic ring is 1. The van der Waals surface area contributed by atoms with Crippen molar-refractivity contribution in [3.63, 3.8) is 0 Å². The normalized spacial score (nSPS) is 10.4. The Morgan fingerprint density at radius 3 is 2.76 bits per heavy atom. The van der Waals surface area contributed by atoms with Crippen molar-refractivity contribution >= 4 is 28.1 Å². The summed E-state index contributed by atoms with van der Waals surface area (Å²) >= 11 is 1.46. The smallest absolute Gasteiger partial charge is 0.253 e. The molecule has 0 fully saturated rings. The first-order valence-corrected chi connectivity index (χ1v) is 7.79. The molecule has 1 aromatic carbocycles. The summed E-state index contributed by atoms with van der Waals surface area (Å²) in [5.41, 5.74) is 7.22. The molecule has 21 heavy (non-hydrogen) atoms. The van der Waals surface area contributed by atoms with Gasteiger partial charge in [0.05, 0.1) is 6.54 Å². The lowest BCUT2D eigenvalue weighted by Gasteiger charge is -2.19. The molecular weight excluding hydrogens is 284 g/mol. The van der Waals surface area contributed by atoms with Crippen LogP contribution >= 0.6 is 11.3 Å². The van der Waals surface area contributed by atoms with Crippen molar-refractivity contribution in [2.75, 3.05) is 24.1 Å². The van der Waals surface area contributed by atoms with Gasteiger partial charge in [-0.3, -0.25) is 4.79 Å². The van der Waals surface area contributed by atoms with Gasteiger partial charge in [0.15, 0.2) is 5.13 Å². The molecule has 6 heteroatoms. The van der Waals surface area contributed by atoms with Crippen molar-refractivity contribution in [3.8, 4) is 0 Å². The van der Waals surface area contributed by atoms with Gasteiger partial charge in [-0.15, -0.1) is 11.3 Å². The lowest BCUT2D eigenvalue weighted by atomic mass is 10.1. The topological polar surface area (TPSA) is 71.2 Å². The van der Waals surface area contributed by atoms with Gasteiger partial charge in [0.1, 0.15) is 0 Å². The zero-order chi connectivity index (χ0) is 15.2. The maximum absolute atomic E-state index is 12.3. The third-order valence-corrected chi connectivity index (χ3v) is 4.02. The Balaban J connectivity index is 2.05. The Morgan fingerprint density at radius 1 is 1.38 bits per heavy atom. The van der Waals surface area contributed by atoms with Crippen molar-refractivity contribution < 1.29 is 4.79 Å². The summed E-state index contributed by atoms with van der Waals surface area (Å²) in [7, 11) is 0. The number of anilines is 2. The molecule has 0 atom stereocenters. The van der Waals surface area contributed by atoms with Crippen LogP contribution in [0.25, 0.3) is 0 Å². The fraction of sp³-hybridized carbons (Fsp3) is 0.333. The molecule has 2 rings (SSSR count). The summed E-state index contributed by atoms with van der Waals surface area (Å²) in [6.07, 6.45) is 1.76. The predicted molar refractivity (Wildman–Crippen MR) is 87.5 cm³/mol. The quantitative estimate of drug-likeness (QED) is 0.861. The van der Waals surface area contributed by atoms with Gasteiger partial charge in [0.25, 0.3) is 5.91 Å². The number of nitrogens with two attached hydrogens (primary N) is 1. The predicted octanol–water partition coefficient (Wildman–Crippen LogP) is 2.82. The highest BCUT2D eigenvalue weighted by Gasteiger charge is 2.12. The summed E-state index contributed by atoms with van der Waals surface area (Å²) in [6.45, 7) is 6.05. The highest BCUT2D eigenvalue weighted by atomic mass is 32.1. The number of carbonyl (C=O) groups excluding carboxylic acids is 1. The van der Waals surface area contributed by atoms with E-state index in [4.69, 9.17) is 5.73 Å². The van der Waals surface area contributed by atoms with Crippen LogP contribution in [0.2, 0.25) is 0 Å². The summed E-state index contributed by atoms with van der Waals surface area (Å²) in [5.74, 6) is 0.0608. The first-order chi connectivity index (χ1) is 10.1. The Hall–Kier alpha value is -2.08. The molecule has 0 spiro atoms. The maximum atomic E-state index is 12.3. The summed E-state index contributed by atoms with van der Waals surface area (Å²) in [4.78, 5) is 19.2. The summed E-state index contributed by atoms with van der Waals surface area (Å²) < 4.78 is 0. The third kappa shape index (κ3) is 3.95. The molecule has 1 heterocycles. The molecule has 0 radical (unpaired) electrons. The van der Waals surface area contributed by atoms with Gasteiger partial charge in [0, 0.05) is 35.4 Å². The highest BCUT2D eigenvalue weighted by molar-refractivity contribution is 7.15. The van der Waals surface area contributed by atoms with E-state index in [9.17, 15) is 4.79 Å². The minimum atomic E-state index is 0.0608. The van der Waals surface area contributed by atoms with Crippen molar-refractivity contribution in [2.24, 2.45) is 0 Å². The second kappa shape index (κ2) is 7.08. The second-order valence-electron chi connectivity index (χ2n) is 4.58. The Labute approximate surface area is 128 Å². The van der Waals surface area contributed by atoms with E-state index in [1.54, 1.807) is 6.20 Å². The Morgan fingerprint density at radius 2 is 2.14 bits per heavy atom. The van der Waals surface area contributed by atoms with Crippen LogP contribution < -0.4 is 11.1 Å². The van der Waals surface area contributed by atoms with Gasteiger partial charge in [-0.25, -0.2) is 4.98 Å². The van der Waals surface area contributed by atoms with Crippen LogP contribution in [-0.2, 0) is 6.54 Å². The first-order valence-electron chi connectivity index (χ1n) is 6.97. The molecule has 0 aliphatic carbocycles. The number of thiazole rings is 1. The minimum absolute atomic E-state index is 0.0608. The summed E-state index contributed by atoms with van der Waals surface area (Å²) in [6, 6.07) is 7.56. The monoisotopic (exact) mass is 304 g/mol. The molecule has 5 nitrogen and oxygen atoms in total. The van der Waals surface area contributed by atoms with E-state index in [2.05, 4.69) is 10.3 Å². The van der Waals surface area contributed by atoms with E-state index in [0.717, 1.165) is 10.6 Å². The van der Waals surface area contributed by atoms with E-state index in [1.807, 2.05) is 43.0 Å². The average molecular weight is 304 g/mol. The van der Waals surface area contributed by atoms with Crippen LogP contribution in [0.5, 0.6) is 0 Å². The lowest BCUT2D eigenvalue weighted by Crippen LogP contribution is -2.30. The number of rotatable bonds is 6. The number of nitrogens with one attached hydrogen (secondary N) is 1. The van der Waals surface area contributed by atoms with Gasteiger partial charge in [-0.1, -0.05) is 6.07 Å². The second-order valence-corrected chi connectivity index (χ2v) is 5.72. The van der Waals surface area contributed by atoms with E-state index in [-0.39, 0.29) is 5.91 Å². The number of carbonyl (C=O) groups is 1. The lowest BCUT2D eigenvalue weighted by molar-refractivity contribution is 0.0773. The van der Waals surface area contributed by atoms with Crippen LogP contribution in [0.15, 0.2) is 30.5 Å². The standard InChI is InChI=1S/C15H20N4OS/c1-3-19(4-2)14(20)11-6-5-7-12(8-11)17-9-13-10-18-15(16)21-13/h5-8,10,17H,3-4,9H2,1-2H3,(H2,16,18). The molecule has 2 aromatic rings. The fourth-order valence-corrected chi connectivity index (χ4v) is 2.67. The van der Waals surface area contributed by atoms with Crippen LogP contribution in [0.4, 0.5) is 10.8 Å². The zero-order valence-corrected chi connectivity index (χ0v) is 13.1. The van der Waals surface area contributed by atoms with E-state index in [1.165, 1.54) is 11.3 Å². The molecular formula is C15H20N4OS. The molecule has 0 unspecified atom stereocenters. The molecule has 0 aliphatic rings. The highest BCUT2D eigenvalue weighted by Crippen LogP contribution is 2.18. The average Bonchev–Trinajstić information content (AvgIpc) is 2.92. The molecule has 0 saturated carbocycles. The minimum Gasteiger partial charge on any atom is -0.380 e. The molecule has 3 N–H and O–H groups in total. The van der Waals surface area contributed by atoms with E-state index >= 15 is 0 Å². The number of nitrogens with zero attached hydrogens (tertiary/aromatic N) is 2. The van der Waals surface area contributed by atoms with E-state index in [0.29, 0.717) is 30.3 Å². The number of hydrogen-bond donors (Lipinski definition) is 2. The fourth-order valence-electron chi connectivity index (χ4n) is 2.05. The molecule has 0 aliphatic heterocycles. The largest absolute Gasteiger partial charge is 0.380 e. The molecule has 0 bridgehead atoms. The number of hydrogen-bond acceptors (Lipinski definition) is 5. The third-order valence-electron chi connectivity index (χ3n) is 3.20. The Kier molecular flexibility index (Phi) is 5.16. The van der Waals surface area contributed by atoms with Gasteiger partial charge >= 0.3 is 0 Å². The van der Waals surface area contributed by atoms with Crippen LogP contribution in [-0.4, -0.2) is 28.9 Å². The molecule has 1 aromatic heterocycles. The van der Waals surface area contributed by atoms with Crippen molar-refractivity contribution in [3.05, 3.63) is 40.9 Å². The first kappa shape index (κ1) is 15.3. The van der Waals surface area contributed by atoms with Gasteiger partial charge in [0.2, 0.25) is 0 Å². The number of amides is 1. The van der Waals surface area contributed by atoms with Gasteiger partial charge in [-0.2, -0.15) is 0 Å². The molecule has 1 amide bonds. The number of benzene rings is 1. The van der Waals surface area contributed by atoms with E-state index < -0.39 is 0 Å². The molecule has 112 valence electrons. The SMILES string of the molecule is CCN(CC)C(=O)c1cccc(NCc2cnc(N)s2)c1. The summed E-state index contributed by atoms with van der Waals surface area (Å²) in [5, 5.41) is 3.86. The van der Waals surface area contributed by atoms with Gasteiger partial charge < -0.3 is 16.0 Å². The maximum Gasteiger partial charge on any atom is 0.253 e. The van der Waals surface area contributed by atoms with Crippen molar-refractivity contribution in [1.82, 2.24) is 9.88 Å². The number of aromatic nitrogens is 1. The van der Waals surface area contributed by atoms with Crippen molar-refractivity contribution in [2.45, 2.75) is 20.4 Å². The van der Waals surface area contributed by atoms with Crippen LogP contribution in [0.1, 0.15) is 29.1 Å². The van der Waals surface area contributed by atoms with Gasteiger partial charge in [-0.05, 0) is 32.0 Å². The molecule has 0 saturated heterocycles.